The molecule has 0 radical (unpaired) electrons. The van der Waals surface area contributed by atoms with Gasteiger partial charge < -0.3 is 15.4 Å². The molecule has 1 amide bonds. The number of ether oxygens (including phenoxy) is 1. The van der Waals surface area contributed by atoms with Gasteiger partial charge in [-0.25, -0.2) is 8.42 Å². The van der Waals surface area contributed by atoms with E-state index in [-0.39, 0.29) is 23.7 Å². The summed E-state index contributed by atoms with van der Waals surface area (Å²) in [6.45, 7) is 17.5. The minimum Gasteiger partial charge on any atom is -0.494 e. The normalized spacial score (nSPS) is 11.7. The molecule has 0 unspecified atom stereocenters. The maximum Gasteiger partial charge on any atom is 0.262 e. The van der Waals surface area contributed by atoms with E-state index in [1.165, 1.54) is 51.4 Å². The number of anilines is 4. The Morgan fingerprint density at radius 2 is 1.19 bits per heavy atom. The first kappa shape index (κ1) is 46.4. The van der Waals surface area contributed by atoms with E-state index in [9.17, 15) is 13.2 Å². The second kappa shape index (κ2) is 23.3. The molecular weight excluding hydrogens is 739 g/mol. The molecule has 0 aliphatic rings. The van der Waals surface area contributed by atoms with Crippen molar-refractivity contribution < 1.29 is 17.9 Å². The predicted octanol–water partition coefficient (Wildman–Crippen LogP) is 14.5. The molecule has 0 bridgehead atoms. The summed E-state index contributed by atoms with van der Waals surface area (Å²) in [4.78, 5) is 14.5. The number of sulfonamides is 1. The largest absolute Gasteiger partial charge is 0.494 e. The number of rotatable bonds is 25. The first-order valence-corrected chi connectivity index (χ1v) is 23.6. The molecule has 58 heavy (non-hydrogen) atoms. The average Bonchev–Trinajstić information content (AvgIpc) is 3.19. The van der Waals surface area contributed by atoms with Crippen LogP contribution in [-0.4, -0.2) is 20.9 Å². The fourth-order valence-electron chi connectivity index (χ4n) is 7.33. The Hall–Kier alpha value is -4.30. The molecule has 316 valence electrons. The van der Waals surface area contributed by atoms with Crippen LogP contribution in [-0.2, 0) is 16.4 Å². The van der Waals surface area contributed by atoms with E-state index in [0.29, 0.717) is 34.1 Å². The van der Waals surface area contributed by atoms with Crippen LogP contribution in [0.5, 0.6) is 5.75 Å². The standard InChI is InChI=1S/C50H71N3O4S/c1-9-11-13-15-16-17-18-19-23-39-24-20-21-25-44(39)50(54)52-48-35-42(28-31-47(48)51-41-26-29-43(30-27-41)57-32-22-14-12-10-2)53-58(55,56)49-45(37(5)6)33-40(36(3)4)34-46(49)38(7)8/h20-21,24-31,33-38,51,53H,9-19,22-23,32H2,1-8H3,(H,52,54). The maximum atomic E-state index is 14.5. The lowest BCUT2D eigenvalue weighted by Crippen LogP contribution is -2.20. The van der Waals surface area contributed by atoms with Crippen LogP contribution in [0.3, 0.4) is 0 Å². The fraction of sp³-hybridized carbons (Fsp3) is 0.500. The van der Waals surface area contributed by atoms with Gasteiger partial charge in [-0.05, 0) is 108 Å². The van der Waals surface area contributed by atoms with Crippen molar-refractivity contribution in [3.05, 3.63) is 107 Å². The zero-order valence-corrected chi connectivity index (χ0v) is 37.5. The highest BCUT2D eigenvalue weighted by Crippen LogP contribution is 2.37. The molecule has 0 spiro atoms. The molecule has 4 aromatic carbocycles. The first-order valence-electron chi connectivity index (χ1n) is 22.1. The van der Waals surface area contributed by atoms with Crippen LogP contribution in [0.4, 0.5) is 22.7 Å². The second-order valence-electron chi connectivity index (χ2n) is 16.8. The number of carbonyl (C=O) groups is 1. The lowest BCUT2D eigenvalue weighted by Gasteiger charge is -2.23. The summed E-state index contributed by atoms with van der Waals surface area (Å²) in [5.41, 5.74) is 6.63. The van der Waals surface area contributed by atoms with Crippen molar-refractivity contribution >= 4 is 38.7 Å². The number of hydrogen-bond acceptors (Lipinski definition) is 5. The summed E-state index contributed by atoms with van der Waals surface area (Å²) in [6, 6.07) is 24.9. The summed E-state index contributed by atoms with van der Waals surface area (Å²) in [6.07, 6.45) is 15.2. The van der Waals surface area contributed by atoms with Crippen molar-refractivity contribution in [2.24, 2.45) is 0 Å². The van der Waals surface area contributed by atoms with Crippen LogP contribution in [0.15, 0.2) is 83.8 Å². The minimum absolute atomic E-state index is 0.00657. The smallest absolute Gasteiger partial charge is 0.262 e. The molecule has 0 saturated heterocycles. The van der Waals surface area contributed by atoms with E-state index < -0.39 is 10.0 Å². The number of unbranched alkanes of at least 4 members (excludes halogenated alkanes) is 10. The quantitative estimate of drug-likeness (QED) is 0.0579. The summed E-state index contributed by atoms with van der Waals surface area (Å²) >= 11 is 0. The molecule has 4 aromatic rings. The van der Waals surface area contributed by atoms with Crippen LogP contribution in [0.1, 0.15) is 183 Å². The van der Waals surface area contributed by atoms with E-state index >= 15 is 0 Å². The Labute approximate surface area is 351 Å². The summed E-state index contributed by atoms with van der Waals surface area (Å²) < 4.78 is 37.8. The molecule has 0 aromatic heterocycles. The maximum absolute atomic E-state index is 14.5. The second-order valence-corrected chi connectivity index (χ2v) is 18.4. The number of nitrogens with one attached hydrogen (secondary N) is 3. The Morgan fingerprint density at radius 1 is 0.621 bits per heavy atom. The van der Waals surface area contributed by atoms with Crippen molar-refractivity contribution in [1.29, 1.82) is 0 Å². The van der Waals surface area contributed by atoms with Crippen molar-refractivity contribution in [3.8, 4) is 5.75 Å². The Balaban J connectivity index is 1.63. The van der Waals surface area contributed by atoms with Crippen molar-refractivity contribution in [1.82, 2.24) is 0 Å². The number of hydrogen-bond donors (Lipinski definition) is 3. The van der Waals surface area contributed by atoms with E-state index in [1.807, 2.05) is 94.4 Å². The molecule has 4 rings (SSSR count). The number of aryl methyl sites for hydroxylation is 1. The van der Waals surface area contributed by atoms with E-state index in [1.54, 1.807) is 12.1 Å². The van der Waals surface area contributed by atoms with Gasteiger partial charge in [-0.1, -0.05) is 150 Å². The van der Waals surface area contributed by atoms with Crippen LogP contribution in [0, 0.1) is 0 Å². The van der Waals surface area contributed by atoms with Gasteiger partial charge in [0.1, 0.15) is 5.75 Å². The molecule has 3 N–H and O–H groups in total. The molecule has 7 nitrogen and oxygen atoms in total. The van der Waals surface area contributed by atoms with E-state index in [2.05, 4.69) is 43.1 Å². The van der Waals surface area contributed by atoms with Gasteiger partial charge in [0.05, 0.1) is 28.6 Å². The van der Waals surface area contributed by atoms with Crippen LogP contribution in [0.25, 0.3) is 0 Å². The summed E-state index contributed by atoms with van der Waals surface area (Å²) in [7, 11) is -4.02. The summed E-state index contributed by atoms with van der Waals surface area (Å²) in [5.74, 6) is 0.811. The van der Waals surface area contributed by atoms with E-state index in [0.717, 1.165) is 65.8 Å². The number of carbonyl (C=O) groups excluding carboxylic acids is 1. The Morgan fingerprint density at radius 3 is 1.79 bits per heavy atom. The minimum atomic E-state index is -4.02. The molecule has 0 saturated carbocycles. The summed E-state index contributed by atoms with van der Waals surface area (Å²) in [5, 5.41) is 6.62. The van der Waals surface area contributed by atoms with Gasteiger partial charge >= 0.3 is 0 Å². The topological polar surface area (TPSA) is 96.5 Å². The monoisotopic (exact) mass is 810 g/mol. The van der Waals surface area contributed by atoms with Crippen LogP contribution >= 0.6 is 0 Å². The highest BCUT2D eigenvalue weighted by Gasteiger charge is 2.27. The van der Waals surface area contributed by atoms with Gasteiger partial charge in [0.25, 0.3) is 15.9 Å². The van der Waals surface area contributed by atoms with E-state index in [4.69, 9.17) is 4.74 Å². The molecule has 8 heteroatoms. The van der Waals surface area contributed by atoms with Gasteiger partial charge in [-0.3, -0.25) is 9.52 Å². The van der Waals surface area contributed by atoms with Crippen LogP contribution < -0.4 is 20.1 Å². The Bertz CT molecular complexity index is 1960. The van der Waals surface area contributed by atoms with Gasteiger partial charge in [-0.15, -0.1) is 0 Å². The van der Waals surface area contributed by atoms with Gasteiger partial charge in [0.15, 0.2) is 0 Å². The third-order valence-electron chi connectivity index (χ3n) is 10.8. The highest BCUT2D eigenvalue weighted by atomic mass is 32.2. The Kier molecular flexibility index (Phi) is 18.7. The first-order chi connectivity index (χ1) is 27.8. The lowest BCUT2D eigenvalue weighted by molar-refractivity contribution is 0.102. The van der Waals surface area contributed by atoms with Gasteiger partial charge in [0, 0.05) is 11.3 Å². The molecule has 0 heterocycles. The molecule has 0 aliphatic carbocycles. The van der Waals surface area contributed by atoms with Crippen molar-refractivity contribution in [2.45, 2.75) is 162 Å². The van der Waals surface area contributed by atoms with Crippen LogP contribution in [0.2, 0.25) is 0 Å². The third kappa shape index (κ3) is 13.9. The number of benzene rings is 4. The number of amides is 1. The third-order valence-corrected chi connectivity index (χ3v) is 12.3. The highest BCUT2D eigenvalue weighted by molar-refractivity contribution is 7.92. The van der Waals surface area contributed by atoms with Gasteiger partial charge in [-0.2, -0.15) is 0 Å². The molecule has 0 aliphatic heterocycles. The van der Waals surface area contributed by atoms with Crippen molar-refractivity contribution in [3.63, 3.8) is 0 Å². The fourth-order valence-corrected chi connectivity index (χ4v) is 9.08. The predicted molar refractivity (Wildman–Crippen MR) is 246 cm³/mol. The van der Waals surface area contributed by atoms with Gasteiger partial charge in [0.2, 0.25) is 0 Å². The zero-order chi connectivity index (χ0) is 42.1. The molecule has 0 atom stereocenters. The zero-order valence-electron chi connectivity index (χ0n) is 36.7. The molecular formula is C50H71N3O4S. The van der Waals surface area contributed by atoms with Crippen molar-refractivity contribution in [2.75, 3.05) is 22.0 Å². The SMILES string of the molecule is CCCCCCCCCCc1ccccc1C(=O)Nc1cc(NS(=O)(=O)c2c(C(C)C)cc(C(C)C)cc2C(C)C)ccc1Nc1ccc(OCCCCCC)cc1. The lowest BCUT2D eigenvalue weighted by atomic mass is 9.89. The average molecular weight is 810 g/mol. The molecule has 0 fully saturated rings.